The van der Waals surface area contributed by atoms with Crippen LogP contribution in [-0.2, 0) is 19.1 Å². The average molecular weight is 324 g/mol. The molecule has 0 aliphatic carbocycles. The van der Waals surface area contributed by atoms with Gasteiger partial charge in [0.05, 0.1) is 13.2 Å². The van der Waals surface area contributed by atoms with Crippen LogP contribution in [0.4, 0.5) is 0 Å². The average Bonchev–Trinajstić information content (AvgIpc) is 2.53. The first kappa shape index (κ1) is 21.5. The maximum atomic E-state index is 12.4. The fourth-order valence-corrected chi connectivity index (χ4v) is 2.62. The predicted octanol–water partition coefficient (Wildman–Crippen LogP) is 4.26. The first-order valence-electron chi connectivity index (χ1n) is 8.86. The topological polar surface area (TPSA) is 52.6 Å². The SMILES string of the molecule is C#CCC(CCCCCCCCC)(C(=O)OCC)C(=O)OCC. The normalized spacial score (nSPS) is 10.9. The lowest BCUT2D eigenvalue weighted by molar-refractivity contribution is -0.172. The van der Waals surface area contributed by atoms with Gasteiger partial charge in [-0.1, -0.05) is 51.9 Å². The minimum Gasteiger partial charge on any atom is -0.465 e. The second-order valence-electron chi connectivity index (χ2n) is 5.78. The van der Waals surface area contributed by atoms with Crippen molar-refractivity contribution in [3.63, 3.8) is 0 Å². The Labute approximate surface area is 141 Å². The third-order valence-corrected chi connectivity index (χ3v) is 3.94. The van der Waals surface area contributed by atoms with Crippen LogP contribution < -0.4 is 0 Å². The molecule has 0 spiro atoms. The number of unbranched alkanes of at least 4 members (excludes halogenated alkanes) is 6. The van der Waals surface area contributed by atoms with E-state index >= 15 is 0 Å². The summed E-state index contributed by atoms with van der Waals surface area (Å²) in [6, 6.07) is 0. The molecule has 0 aliphatic rings. The minimum absolute atomic E-state index is 0.0283. The summed E-state index contributed by atoms with van der Waals surface area (Å²) in [4.78, 5) is 24.7. The summed E-state index contributed by atoms with van der Waals surface area (Å²) in [5, 5.41) is 0. The zero-order valence-corrected chi connectivity index (χ0v) is 15.0. The van der Waals surface area contributed by atoms with Crippen molar-refractivity contribution >= 4 is 11.9 Å². The summed E-state index contributed by atoms with van der Waals surface area (Å²) < 4.78 is 10.2. The molecule has 0 radical (unpaired) electrons. The molecule has 0 bridgehead atoms. The van der Waals surface area contributed by atoms with Gasteiger partial charge in [-0.3, -0.25) is 9.59 Å². The number of hydrogen-bond donors (Lipinski definition) is 0. The number of carbonyl (C=O) groups is 2. The van der Waals surface area contributed by atoms with Crippen LogP contribution >= 0.6 is 0 Å². The zero-order valence-electron chi connectivity index (χ0n) is 15.0. The van der Waals surface area contributed by atoms with Gasteiger partial charge in [0.2, 0.25) is 0 Å². The summed E-state index contributed by atoms with van der Waals surface area (Å²) in [6.45, 7) is 6.07. The van der Waals surface area contributed by atoms with Crippen LogP contribution in [-0.4, -0.2) is 25.2 Å². The van der Waals surface area contributed by atoms with Crippen molar-refractivity contribution in [2.45, 2.75) is 78.6 Å². The largest absolute Gasteiger partial charge is 0.465 e. The zero-order chi connectivity index (χ0) is 17.6. The molecule has 0 aromatic heterocycles. The van der Waals surface area contributed by atoms with Gasteiger partial charge in [0.15, 0.2) is 5.41 Å². The molecule has 0 saturated carbocycles. The molecule has 4 heteroatoms. The molecule has 0 aliphatic heterocycles. The lowest BCUT2D eigenvalue weighted by Crippen LogP contribution is -2.42. The number of esters is 2. The molecule has 0 unspecified atom stereocenters. The maximum absolute atomic E-state index is 12.4. The van der Waals surface area contributed by atoms with Gasteiger partial charge < -0.3 is 9.47 Å². The van der Waals surface area contributed by atoms with E-state index in [1.165, 1.54) is 25.7 Å². The monoisotopic (exact) mass is 324 g/mol. The van der Waals surface area contributed by atoms with Gasteiger partial charge in [0, 0.05) is 6.42 Å². The summed E-state index contributed by atoms with van der Waals surface area (Å²) in [7, 11) is 0. The number of terminal acetylenes is 1. The highest BCUT2D eigenvalue weighted by molar-refractivity contribution is 6.00. The van der Waals surface area contributed by atoms with Gasteiger partial charge >= 0.3 is 11.9 Å². The van der Waals surface area contributed by atoms with Crippen LogP contribution in [0.5, 0.6) is 0 Å². The highest BCUT2D eigenvalue weighted by Crippen LogP contribution is 2.33. The minimum atomic E-state index is -1.34. The van der Waals surface area contributed by atoms with Crippen LogP contribution in [0.2, 0.25) is 0 Å². The second kappa shape index (κ2) is 13.0. The summed E-state index contributed by atoms with van der Waals surface area (Å²) in [5.41, 5.74) is -1.34. The van der Waals surface area contributed by atoms with Crippen molar-refractivity contribution in [1.29, 1.82) is 0 Å². The van der Waals surface area contributed by atoms with E-state index in [0.717, 1.165) is 19.3 Å². The summed E-state index contributed by atoms with van der Waals surface area (Å²) in [6.07, 6.45) is 13.6. The van der Waals surface area contributed by atoms with E-state index in [1.807, 2.05) is 0 Å². The first-order chi connectivity index (χ1) is 11.1. The molecule has 132 valence electrons. The highest BCUT2D eigenvalue weighted by Gasteiger charge is 2.47. The molecular formula is C19H32O4. The molecule has 0 aromatic carbocycles. The van der Waals surface area contributed by atoms with Crippen molar-refractivity contribution in [2.24, 2.45) is 5.41 Å². The van der Waals surface area contributed by atoms with Gasteiger partial charge in [-0.15, -0.1) is 12.3 Å². The molecule has 4 nitrogen and oxygen atoms in total. The van der Waals surface area contributed by atoms with Crippen molar-refractivity contribution in [1.82, 2.24) is 0 Å². The summed E-state index contributed by atoms with van der Waals surface area (Å²) >= 11 is 0. The third-order valence-electron chi connectivity index (χ3n) is 3.94. The lowest BCUT2D eigenvalue weighted by atomic mass is 9.79. The molecule has 0 heterocycles. The fourth-order valence-electron chi connectivity index (χ4n) is 2.62. The Morgan fingerprint density at radius 3 is 1.78 bits per heavy atom. The molecule has 0 saturated heterocycles. The van der Waals surface area contributed by atoms with E-state index < -0.39 is 17.4 Å². The molecule has 0 rings (SSSR count). The standard InChI is InChI=1S/C19H32O4/c1-5-9-10-11-12-13-14-16-19(15-6-2,17(20)22-7-3)18(21)23-8-4/h2H,5,7-16H2,1,3-4H3. The maximum Gasteiger partial charge on any atom is 0.324 e. The summed E-state index contributed by atoms with van der Waals surface area (Å²) in [5.74, 6) is 1.35. The fraction of sp³-hybridized carbons (Fsp3) is 0.789. The van der Waals surface area contributed by atoms with E-state index in [2.05, 4.69) is 12.8 Å². The van der Waals surface area contributed by atoms with Gasteiger partial charge in [-0.05, 0) is 20.3 Å². The van der Waals surface area contributed by atoms with Crippen molar-refractivity contribution in [3.8, 4) is 12.3 Å². The van der Waals surface area contributed by atoms with Crippen molar-refractivity contribution in [3.05, 3.63) is 0 Å². The molecule has 0 atom stereocenters. The van der Waals surface area contributed by atoms with E-state index in [9.17, 15) is 9.59 Å². The molecule has 0 aromatic rings. The Bertz CT molecular complexity index is 363. The predicted molar refractivity (Wildman–Crippen MR) is 91.8 cm³/mol. The smallest absolute Gasteiger partial charge is 0.324 e. The van der Waals surface area contributed by atoms with Crippen LogP contribution in [0.25, 0.3) is 0 Å². The molecule has 0 N–H and O–H groups in total. The van der Waals surface area contributed by atoms with E-state index in [-0.39, 0.29) is 19.6 Å². The Kier molecular flexibility index (Phi) is 12.1. The van der Waals surface area contributed by atoms with Gasteiger partial charge in [0.25, 0.3) is 0 Å². The Morgan fingerprint density at radius 2 is 1.35 bits per heavy atom. The Morgan fingerprint density at radius 1 is 0.870 bits per heavy atom. The first-order valence-corrected chi connectivity index (χ1v) is 8.86. The van der Waals surface area contributed by atoms with E-state index in [0.29, 0.717) is 6.42 Å². The number of ether oxygens (including phenoxy) is 2. The quantitative estimate of drug-likeness (QED) is 0.220. The van der Waals surface area contributed by atoms with Crippen LogP contribution in [0.1, 0.15) is 78.6 Å². The van der Waals surface area contributed by atoms with Gasteiger partial charge in [-0.2, -0.15) is 0 Å². The molecule has 23 heavy (non-hydrogen) atoms. The third kappa shape index (κ3) is 7.54. The van der Waals surface area contributed by atoms with Gasteiger partial charge in [-0.25, -0.2) is 0 Å². The van der Waals surface area contributed by atoms with Crippen molar-refractivity contribution in [2.75, 3.05) is 13.2 Å². The van der Waals surface area contributed by atoms with Gasteiger partial charge in [0.1, 0.15) is 0 Å². The number of carbonyl (C=O) groups excluding carboxylic acids is 2. The van der Waals surface area contributed by atoms with Crippen molar-refractivity contribution < 1.29 is 19.1 Å². The van der Waals surface area contributed by atoms with E-state index in [4.69, 9.17) is 15.9 Å². The molecule has 0 amide bonds. The lowest BCUT2D eigenvalue weighted by Gasteiger charge is -2.27. The van der Waals surface area contributed by atoms with E-state index in [1.54, 1.807) is 13.8 Å². The highest BCUT2D eigenvalue weighted by atomic mass is 16.6. The van der Waals surface area contributed by atoms with Crippen LogP contribution in [0.3, 0.4) is 0 Å². The Hall–Kier alpha value is -1.50. The molecule has 0 fully saturated rings. The number of rotatable bonds is 13. The Balaban J connectivity index is 4.72. The van der Waals surface area contributed by atoms with Crippen LogP contribution in [0, 0.1) is 17.8 Å². The molecular weight excluding hydrogens is 292 g/mol. The number of hydrogen-bond acceptors (Lipinski definition) is 4. The second-order valence-corrected chi connectivity index (χ2v) is 5.78. The van der Waals surface area contributed by atoms with Crippen LogP contribution in [0.15, 0.2) is 0 Å².